The first-order valence-electron chi connectivity index (χ1n) is 5.66. The molecule has 0 aliphatic heterocycles. The predicted octanol–water partition coefficient (Wildman–Crippen LogP) is 5.76. The maximum atomic E-state index is 13.2. The summed E-state index contributed by atoms with van der Waals surface area (Å²) < 4.78 is 15.2. The van der Waals surface area contributed by atoms with E-state index < -0.39 is 0 Å². The highest BCUT2D eigenvalue weighted by Gasteiger charge is 2.19. The lowest BCUT2D eigenvalue weighted by molar-refractivity contribution is 0.617. The van der Waals surface area contributed by atoms with E-state index in [-0.39, 0.29) is 11.9 Å². The molecule has 1 atom stereocenters. The van der Waals surface area contributed by atoms with Crippen LogP contribution in [0.5, 0.6) is 0 Å². The summed E-state index contributed by atoms with van der Waals surface area (Å²) in [6, 6.07) is 6.52. The monoisotopic (exact) mass is 425 g/mol. The van der Waals surface area contributed by atoms with E-state index in [1.165, 1.54) is 12.1 Å². The molecule has 2 rings (SSSR count). The molecule has 0 saturated carbocycles. The Morgan fingerprint density at radius 3 is 2.63 bits per heavy atom. The minimum Gasteiger partial charge on any atom is -0.306 e. The van der Waals surface area contributed by atoms with Gasteiger partial charge in [-0.15, -0.1) is 11.3 Å². The summed E-state index contributed by atoms with van der Waals surface area (Å²) in [5, 5.41) is 3.81. The van der Waals surface area contributed by atoms with Crippen LogP contribution < -0.4 is 5.32 Å². The molecule has 102 valence electrons. The fraction of sp³-hybridized carbons (Fsp3) is 0.231. The van der Waals surface area contributed by atoms with Crippen LogP contribution in [0.3, 0.4) is 0 Å². The first kappa shape index (κ1) is 15.4. The minimum atomic E-state index is -0.322. The summed E-state index contributed by atoms with van der Waals surface area (Å²) >= 11 is 14.8. The van der Waals surface area contributed by atoms with Gasteiger partial charge in [0.05, 0.1) is 9.83 Å². The van der Waals surface area contributed by atoms with Gasteiger partial charge in [0.15, 0.2) is 0 Å². The molecule has 19 heavy (non-hydrogen) atoms. The van der Waals surface area contributed by atoms with Crippen molar-refractivity contribution in [1.29, 1.82) is 0 Å². The molecule has 0 saturated heterocycles. The molecule has 0 fully saturated rings. The first-order valence-corrected chi connectivity index (χ1v) is 8.44. The molecule has 1 unspecified atom stereocenters. The van der Waals surface area contributed by atoms with Gasteiger partial charge in [-0.3, -0.25) is 0 Å². The number of halogens is 4. The Hall–Kier alpha value is 0.0600. The average molecular weight is 428 g/mol. The SMILES string of the molecule is CCNC(c1cc(Br)c(Br)s1)c1ccc(F)cc1Cl. The van der Waals surface area contributed by atoms with Crippen molar-refractivity contribution < 1.29 is 4.39 Å². The lowest BCUT2D eigenvalue weighted by atomic mass is 10.1. The van der Waals surface area contributed by atoms with Crippen molar-refractivity contribution in [2.45, 2.75) is 13.0 Å². The van der Waals surface area contributed by atoms with Crippen LogP contribution in [0.25, 0.3) is 0 Å². The highest BCUT2D eigenvalue weighted by molar-refractivity contribution is 9.13. The van der Waals surface area contributed by atoms with Crippen LogP contribution >= 0.6 is 54.8 Å². The standard InChI is InChI=1S/C13H11Br2ClFNS/c1-2-18-12(11-6-9(14)13(15)19-11)8-4-3-7(17)5-10(8)16/h3-6,12,18H,2H2,1H3. The number of hydrogen-bond donors (Lipinski definition) is 1. The number of hydrogen-bond acceptors (Lipinski definition) is 2. The highest BCUT2D eigenvalue weighted by atomic mass is 79.9. The van der Waals surface area contributed by atoms with Crippen molar-refractivity contribution in [1.82, 2.24) is 5.32 Å². The van der Waals surface area contributed by atoms with E-state index in [4.69, 9.17) is 11.6 Å². The molecule has 1 nitrogen and oxygen atoms in total. The number of thiophene rings is 1. The van der Waals surface area contributed by atoms with Gasteiger partial charge in [0, 0.05) is 14.4 Å². The molecule has 0 radical (unpaired) electrons. The Kier molecular flexibility index (Phi) is 5.43. The zero-order chi connectivity index (χ0) is 14.0. The van der Waals surface area contributed by atoms with Crippen molar-refractivity contribution in [3.8, 4) is 0 Å². The molecular formula is C13H11Br2ClFNS. The van der Waals surface area contributed by atoms with Gasteiger partial charge in [0.25, 0.3) is 0 Å². The van der Waals surface area contributed by atoms with Crippen molar-refractivity contribution in [2.75, 3.05) is 6.54 Å². The number of rotatable bonds is 4. The Morgan fingerprint density at radius 2 is 2.11 bits per heavy atom. The van der Waals surface area contributed by atoms with E-state index in [1.54, 1.807) is 17.4 Å². The quantitative estimate of drug-likeness (QED) is 0.654. The van der Waals surface area contributed by atoms with Crippen molar-refractivity contribution >= 4 is 54.8 Å². The van der Waals surface area contributed by atoms with Crippen LogP contribution in [0, 0.1) is 5.82 Å². The zero-order valence-electron chi connectivity index (χ0n) is 10.0. The predicted molar refractivity (Wildman–Crippen MR) is 86.6 cm³/mol. The second-order valence-electron chi connectivity index (χ2n) is 3.93. The molecule has 0 amide bonds. The van der Waals surface area contributed by atoms with E-state index >= 15 is 0 Å². The molecule has 1 N–H and O–H groups in total. The van der Waals surface area contributed by atoms with E-state index in [9.17, 15) is 4.39 Å². The number of nitrogens with one attached hydrogen (secondary N) is 1. The van der Waals surface area contributed by atoms with Gasteiger partial charge in [-0.25, -0.2) is 4.39 Å². The molecular weight excluding hydrogens is 416 g/mol. The topological polar surface area (TPSA) is 12.0 Å². The summed E-state index contributed by atoms with van der Waals surface area (Å²) in [6.45, 7) is 2.83. The minimum absolute atomic E-state index is 0.0364. The maximum Gasteiger partial charge on any atom is 0.124 e. The molecule has 1 aromatic carbocycles. The molecule has 0 aliphatic carbocycles. The lowest BCUT2D eigenvalue weighted by Crippen LogP contribution is -2.21. The van der Waals surface area contributed by atoms with E-state index in [0.717, 1.165) is 25.2 Å². The van der Waals surface area contributed by atoms with Crippen LogP contribution in [-0.4, -0.2) is 6.54 Å². The summed E-state index contributed by atoms with van der Waals surface area (Å²) in [7, 11) is 0. The van der Waals surface area contributed by atoms with Crippen molar-refractivity contribution in [2.24, 2.45) is 0 Å². The molecule has 2 aromatic rings. The smallest absolute Gasteiger partial charge is 0.124 e. The second-order valence-corrected chi connectivity index (χ2v) is 7.59. The van der Waals surface area contributed by atoms with Gasteiger partial charge in [-0.2, -0.15) is 0 Å². The van der Waals surface area contributed by atoms with E-state index in [2.05, 4.69) is 37.2 Å². The zero-order valence-corrected chi connectivity index (χ0v) is 14.8. The van der Waals surface area contributed by atoms with Gasteiger partial charge < -0.3 is 5.32 Å². The largest absolute Gasteiger partial charge is 0.306 e. The van der Waals surface area contributed by atoms with Crippen LogP contribution in [0.2, 0.25) is 5.02 Å². The Labute approximate surface area is 137 Å². The Bertz CT molecular complexity index is 569. The summed E-state index contributed by atoms with van der Waals surface area (Å²) in [5.74, 6) is -0.322. The highest BCUT2D eigenvalue weighted by Crippen LogP contribution is 2.39. The molecule has 1 aromatic heterocycles. The third-order valence-electron chi connectivity index (χ3n) is 2.63. The summed E-state index contributed by atoms with van der Waals surface area (Å²) in [6.07, 6.45) is 0. The summed E-state index contributed by atoms with van der Waals surface area (Å²) in [5.41, 5.74) is 0.881. The molecule has 0 aliphatic rings. The maximum absolute atomic E-state index is 13.2. The average Bonchev–Trinajstić information content (AvgIpc) is 2.67. The van der Waals surface area contributed by atoms with Crippen molar-refractivity contribution in [3.63, 3.8) is 0 Å². The van der Waals surface area contributed by atoms with Gasteiger partial charge in [0.1, 0.15) is 5.82 Å². The fourth-order valence-electron chi connectivity index (χ4n) is 1.81. The van der Waals surface area contributed by atoms with Gasteiger partial charge in [0.2, 0.25) is 0 Å². The molecule has 0 spiro atoms. The van der Waals surface area contributed by atoms with Gasteiger partial charge in [-0.1, -0.05) is 24.6 Å². The van der Waals surface area contributed by atoms with Gasteiger partial charge >= 0.3 is 0 Å². The third kappa shape index (κ3) is 3.58. The fourth-order valence-corrected chi connectivity index (χ4v) is 4.27. The Morgan fingerprint density at radius 1 is 1.37 bits per heavy atom. The second kappa shape index (κ2) is 6.68. The van der Waals surface area contributed by atoms with E-state index in [1.807, 2.05) is 13.0 Å². The van der Waals surface area contributed by atoms with E-state index in [0.29, 0.717) is 5.02 Å². The van der Waals surface area contributed by atoms with Crippen LogP contribution in [0.4, 0.5) is 4.39 Å². The number of benzene rings is 1. The molecule has 0 bridgehead atoms. The van der Waals surface area contributed by atoms with Crippen molar-refractivity contribution in [3.05, 3.63) is 53.8 Å². The third-order valence-corrected chi connectivity index (χ3v) is 6.28. The normalized spacial score (nSPS) is 12.7. The van der Waals surface area contributed by atoms with Crippen LogP contribution in [-0.2, 0) is 0 Å². The van der Waals surface area contributed by atoms with Crippen LogP contribution in [0.15, 0.2) is 32.5 Å². The first-order chi connectivity index (χ1) is 9.02. The molecule has 6 heteroatoms. The van der Waals surface area contributed by atoms with Crippen LogP contribution in [0.1, 0.15) is 23.4 Å². The lowest BCUT2D eigenvalue weighted by Gasteiger charge is -2.18. The Balaban J connectivity index is 2.44. The van der Waals surface area contributed by atoms with Gasteiger partial charge in [-0.05, 0) is 62.2 Å². The summed E-state index contributed by atoms with van der Waals surface area (Å²) in [4.78, 5) is 1.12. The molecule has 1 heterocycles.